The number of benzene rings is 1. The summed E-state index contributed by atoms with van der Waals surface area (Å²) in [6.45, 7) is 1.74. The van der Waals surface area contributed by atoms with Crippen molar-refractivity contribution < 1.29 is 0 Å². The summed E-state index contributed by atoms with van der Waals surface area (Å²) in [6.07, 6.45) is 5.71. The quantitative estimate of drug-likeness (QED) is 0.681. The van der Waals surface area contributed by atoms with Crippen LogP contribution in [0.3, 0.4) is 0 Å². The molecule has 2 heterocycles. The van der Waals surface area contributed by atoms with Gasteiger partial charge in [0.15, 0.2) is 0 Å². The zero-order valence-corrected chi connectivity index (χ0v) is 12.4. The predicted molar refractivity (Wildman–Crippen MR) is 87.4 cm³/mol. The van der Waals surface area contributed by atoms with Gasteiger partial charge in [0.25, 0.3) is 0 Å². The number of hydrogen-bond acceptors (Lipinski definition) is 2. The third-order valence-electron chi connectivity index (χ3n) is 3.70. The zero-order chi connectivity index (χ0) is 13.8. The van der Waals surface area contributed by atoms with Crippen LogP contribution in [0.5, 0.6) is 0 Å². The number of nitrogens with two attached hydrogens (primary N) is 1. The average molecular weight is 284 g/mol. The fraction of sp³-hybridized carbons (Fsp3) is 0.294. The Bertz CT molecular complexity index is 667. The first kappa shape index (κ1) is 13.4. The number of aryl methyl sites for hydroxylation is 1. The van der Waals surface area contributed by atoms with Gasteiger partial charge in [-0.15, -0.1) is 0 Å². The smallest absolute Gasteiger partial charge is 0.0486 e. The van der Waals surface area contributed by atoms with Crippen LogP contribution < -0.4 is 5.73 Å². The van der Waals surface area contributed by atoms with Crippen molar-refractivity contribution >= 4 is 22.2 Å². The number of para-hydroxylation sites is 1. The van der Waals surface area contributed by atoms with Gasteiger partial charge in [0, 0.05) is 23.6 Å². The number of aromatic nitrogens is 1. The first-order valence-electron chi connectivity index (χ1n) is 7.16. The average Bonchev–Trinajstić information content (AvgIpc) is 3.09. The Hall–Kier alpha value is -1.58. The summed E-state index contributed by atoms with van der Waals surface area (Å²) in [5, 5.41) is 5.76. The van der Waals surface area contributed by atoms with Gasteiger partial charge < -0.3 is 10.3 Å². The molecular formula is C17H20N2S. The van der Waals surface area contributed by atoms with Crippen LogP contribution in [0.1, 0.15) is 24.0 Å². The summed E-state index contributed by atoms with van der Waals surface area (Å²) in [4.78, 5) is 0. The van der Waals surface area contributed by atoms with Gasteiger partial charge in [-0.05, 0) is 59.8 Å². The van der Waals surface area contributed by atoms with Crippen LogP contribution in [0.4, 0.5) is 0 Å². The highest BCUT2D eigenvalue weighted by molar-refractivity contribution is 7.07. The number of hydrogen-bond donors (Lipinski definition) is 1. The van der Waals surface area contributed by atoms with Crippen LogP contribution in [0, 0.1) is 0 Å². The Balaban J connectivity index is 1.91. The van der Waals surface area contributed by atoms with Crippen LogP contribution in [-0.4, -0.2) is 11.1 Å². The molecule has 0 aliphatic heterocycles. The molecule has 3 aromatic rings. The van der Waals surface area contributed by atoms with Crippen LogP contribution in [0.15, 0.2) is 47.3 Å². The summed E-state index contributed by atoms with van der Waals surface area (Å²) in [5.74, 6) is 0. The normalized spacial score (nSPS) is 11.2. The molecule has 2 nitrogen and oxygen atoms in total. The molecule has 0 saturated heterocycles. The molecule has 0 unspecified atom stereocenters. The van der Waals surface area contributed by atoms with E-state index in [0.29, 0.717) is 0 Å². The molecule has 0 aliphatic carbocycles. The lowest BCUT2D eigenvalue weighted by atomic mass is 10.1. The topological polar surface area (TPSA) is 30.9 Å². The standard InChI is InChI=1S/C17H20N2S/c18-9-4-3-5-15-12-19(11-14-8-10-20-13-14)17-7-2-1-6-16(15)17/h1-2,6-8,10,12-13H,3-5,9,11,18H2. The lowest BCUT2D eigenvalue weighted by Gasteiger charge is -2.02. The maximum atomic E-state index is 5.60. The number of fused-ring (bicyclic) bond motifs is 1. The molecule has 0 atom stereocenters. The van der Waals surface area contributed by atoms with E-state index in [1.54, 1.807) is 11.3 Å². The molecule has 3 rings (SSSR count). The number of thiophene rings is 1. The minimum atomic E-state index is 0.785. The molecule has 104 valence electrons. The molecule has 3 heteroatoms. The molecule has 0 bridgehead atoms. The van der Waals surface area contributed by atoms with E-state index in [4.69, 9.17) is 5.73 Å². The van der Waals surface area contributed by atoms with Gasteiger partial charge >= 0.3 is 0 Å². The van der Waals surface area contributed by atoms with Crippen molar-refractivity contribution in [2.24, 2.45) is 5.73 Å². The largest absolute Gasteiger partial charge is 0.343 e. The van der Waals surface area contributed by atoms with E-state index in [2.05, 4.69) is 51.9 Å². The van der Waals surface area contributed by atoms with Gasteiger partial charge in [-0.2, -0.15) is 11.3 Å². The third-order valence-corrected chi connectivity index (χ3v) is 4.44. The van der Waals surface area contributed by atoms with E-state index in [9.17, 15) is 0 Å². The summed E-state index contributed by atoms with van der Waals surface area (Å²) < 4.78 is 2.37. The number of nitrogens with zero attached hydrogens (tertiary/aromatic N) is 1. The Morgan fingerprint density at radius 2 is 2.00 bits per heavy atom. The Labute approximate surface area is 123 Å². The molecule has 0 spiro atoms. The molecule has 2 aromatic heterocycles. The molecule has 0 aliphatic rings. The van der Waals surface area contributed by atoms with Gasteiger partial charge in [-0.25, -0.2) is 0 Å². The second-order valence-corrected chi connectivity index (χ2v) is 5.96. The lowest BCUT2D eigenvalue weighted by molar-refractivity contribution is 0.742. The van der Waals surface area contributed by atoms with Gasteiger partial charge in [0.05, 0.1) is 0 Å². The molecule has 0 radical (unpaired) electrons. The summed E-state index contributed by atoms with van der Waals surface area (Å²) in [7, 11) is 0. The summed E-state index contributed by atoms with van der Waals surface area (Å²) >= 11 is 1.76. The van der Waals surface area contributed by atoms with Crippen molar-refractivity contribution in [1.29, 1.82) is 0 Å². The van der Waals surface area contributed by atoms with Gasteiger partial charge in [-0.3, -0.25) is 0 Å². The van der Waals surface area contributed by atoms with E-state index in [-0.39, 0.29) is 0 Å². The SMILES string of the molecule is NCCCCc1cn(Cc2ccsc2)c2ccccc12. The van der Waals surface area contributed by atoms with Crippen molar-refractivity contribution in [2.45, 2.75) is 25.8 Å². The van der Waals surface area contributed by atoms with E-state index in [0.717, 1.165) is 25.9 Å². The van der Waals surface area contributed by atoms with Crippen LogP contribution in [-0.2, 0) is 13.0 Å². The molecule has 20 heavy (non-hydrogen) atoms. The first-order chi connectivity index (χ1) is 9.88. The Kier molecular flexibility index (Phi) is 4.19. The zero-order valence-electron chi connectivity index (χ0n) is 11.6. The monoisotopic (exact) mass is 284 g/mol. The predicted octanol–water partition coefficient (Wildman–Crippen LogP) is 4.03. The second-order valence-electron chi connectivity index (χ2n) is 5.18. The number of unbranched alkanes of at least 4 members (excludes halogenated alkanes) is 1. The summed E-state index contributed by atoms with van der Waals surface area (Å²) in [6, 6.07) is 10.9. The minimum absolute atomic E-state index is 0.785. The third kappa shape index (κ3) is 2.79. The maximum Gasteiger partial charge on any atom is 0.0486 e. The fourth-order valence-corrected chi connectivity index (χ4v) is 3.35. The highest BCUT2D eigenvalue weighted by Gasteiger charge is 2.08. The first-order valence-corrected chi connectivity index (χ1v) is 8.10. The van der Waals surface area contributed by atoms with Crippen molar-refractivity contribution in [1.82, 2.24) is 4.57 Å². The van der Waals surface area contributed by atoms with Crippen LogP contribution >= 0.6 is 11.3 Å². The minimum Gasteiger partial charge on any atom is -0.343 e. The molecular weight excluding hydrogens is 264 g/mol. The fourth-order valence-electron chi connectivity index (χ4n) is 2.69. The van der Waals surface area contributed by atoms with E-state index in [1.165, 1.54) is 28.5 Å². The Morgan fingerprint density at radius 1 is 1.10 bits per heavy atom. The van der Waals surface area contributed by atoms with Crippen molar-refractivity contribution in [2.75, 3.05) is 6.54 Å². The van der Waals surface area contributed by atoms with E-state index in [1.807, 2.05) is 0 Å². The van der Waals surface area contributed by atoms with Gasteiger partial charge in [0.1, 0.15) is 0 Å². The van der Waals surface area contributed by atoms with E-state index >= 15 is 0 Å². The summed E-state index contributed by atoms with van der Waals surface area (Å²) in [5.41, 5.74) is 9.76. The molecule has 1 aromatic carbocycles. The second kappa shape index (κ2) is 6.25. The van der Waals surface area contributed by atoms with Crippen LogP contribution in [0.2, 0.25) is 0 Å². The highest BCUT2D eigenvalue weighted by Crippen LogP contribution is 2.24. The molecule has 0 fully saturated rings. The van der Waals surface area contributed by atoms with Gasteiger partial charge in [-0.1, -0.05) is 18.2 Å². The molecule has 2 N–H and O–H groups in total. The van der Waals surface area contributed by atoms with Crippen molar-refractivity contribution in [3.05, 3.63) is 58.4 Å². The van der Waals surface area contributed by atoms with E-state index < -0.39 is 0 Å². The van der Waals surface area contributed by atoms with Crippen molar-refractivity contribution in [3.8, 4) is 0 Å². The maximum absolute atomic E-state index is 5.60. The van der Waals surface area contributed by atoms with Gasteiger partial charge in [0.2, 0.25) is 0 Å². The lowest BCUT2D eigenvalue weighted by Crippen LogP contribution is -1.99. The molecule has 0 saturated carbocycles. The van der Waals surface area contributed by atoms with Crippen LogP contribution in [0.25, 0.3) is 10.9 Å². The highest BCUT2D eigenvalue weighted by atomic mass is 32.1. The van der Waals surface area contributed by atoms with Crippen molar-refractivity contribution in [3.63, 3.8) is 0 Å². The number of rotatable bonds is 6. The Morgan fingerprint density at radius 3 is 2.80 bits per heavy atom. The molecule has 0 amide bonds.